The molecule has 1 amide bonds. The highest BCUT2D eigenvalue weighted by atomic mass is 32.1. The molecule has 0 bridgehead atoms. The van der Waals surface area contributed by atoms with Gasteiger partial charge in [0.25, 0.3) is 0 Å². The minimum absolute atomic E-state index is 0. The number of anilines is 1. The summed E-state index contributed by atoms with van der Waals surface area (Å²) in [6.45, 7) is 13.1. The molecule has 3 rings (SSSR count). The van der Waals surface area contributed by atoms with Gasteiger partial charge < -0.3 is 20.1 Å². The maximum atomic E-state index is 12.8. The standard InChI is InChI=1S/C28H42N6O4.H2S/c1-18(2)24(31-27(36)28(4,5)6)23(35)11-9-8-10-14-29-25-26-33-32-19(3)34(26)22-13-12-20(17-21(22)30-25)38-16-15-37-7;/h12-13,17-18,24H,8-11,14-16H2,1-7H3,(H,29,30)(H,31,36);1H2/t24-;/m0./s1. The van der Waals surface area contributed by atoms with Crippen molar-refractivity contribution in [2.45, 2.75) is 73.3 Å². The van der Waals surface area contributed by atoms with Crippen LogP contribution in [0.25, 0.3) is 16.7 Å². The van der Waals surface area contributed by atoms with Gasteiger partial charge in [-0.3, -0.25) is 14.0 Å². The number of fused-ring (bicyclic) bond motifs is 3. The molecule has 0 saturated heterocycles. The number of Topliss-reactive ketones (excluding diaryl/α,β-unsaturated/α-hetero) is 1. The fourth-order valence-corrected chi connectivity index (χ4v) is 4.15. The second-order valence-electron chi connectivity index (χ2n) is 11.0. The molecule has 0 saturated carbocycles. The van der Waals surface area contributed by atoms with Crippen molar-refractivity contribution in [3.8, 4) is 5.75 Å². The van der Waals surface area contributed by atoms with Gasteiger partial charge in [-0.1, -0.05) is 41.0 Å². The molecule has 0 aliphatic carbocycles. The Morgan fingerprint density at radius 1 is 1.08 bits per heavy atom. The molecule has 0 aliphatic rings. The van der Waals surface area contributed by atoms with E-state index in [4.69, 9.17) is 14.5 Å². The molecule has 0 aliphatic heterocycles. The molecule has 39 heavy (non-hydrogen) atoms. The fraction of sp³-hybridized carbons (Fsp3) is 0.607. The minimum atomic E-state index is -0.525. The van der Waals surface area contributed by atoms with Crippen molar-refractivity contribution in [1.29, 1.82) is 0 Å². The number of rotatable bonds is 14. The maximum absolute atomic E-state index is 12.8. The number of amides is 1. The number of carbonyl (C=O) groups excluding carboxylic acids is 2. The van der Waals surface area contributed by atoms with E-state index in [1.165, 1.54) is 0 Å². The lowest BCUT2D eigenvalue weighted by Gasteiger charge is -2.26. The van der Waals surface area contributed by atoms with Gasteiger partial charge in [-0.05, 0) is 37.8 Å². The SMILES string of the molecule is COCCOc1ccc2c(c1)nc(NCCCCCC(=O)[C@@H](NC(=O)C(C)(C)C)C(C)C)c1nnc(C)n12.S. The van der Waals surface area contributed by atoms with E-state index in [0.717, 1.165) is 41.9 Å². The van der Waals surface area contributed by atoms with Crippen LogP contribution in [-0.4, -0.2) is 64.2 Å². The van der Waals surface area contributed by atoms with Crippen LogP contribution in [0, 0.1) is 18.3 Å². The first-order valence-corrected chi connectivity index (χ1v) is 13.4. The van der Waals surface area contributed by atoms with Crippen LogP contribution in [0.2, 0.25) is 0 Å². The van der Waals surface area contributed by atoms with E-state index in [9.17, 15) is 9.59 Å². The number of unbranched alkanes of at least 4 members (excludes halogenated alkanes) is 2. The van der Waals surface area contributed by atoms with Crippen LogP contribution in [0.1, 0.15) is 66.1 Å². The summed E-state index contributed by atoms with van der Waals surface area (Å²) >= 11 is 0. The third-order valence-electron chi connectivity index (χ3n) is 6.39. The average Bonchev–Trinajstić information content (AvgIpc) is 3.25. The number of hydrogen-bond donors (Lipinski definition) is 2. The fourth-order valence-electron chi connectivity index (χ4n) is 4.15. The number of methoxy groups -OCH3 is 1. The number of nitrogens with one attached hydrogen (secondary N) is 2. The normalized spacial score (nSPS) is 12.4. The minimum Gasteiger partial charge on any atom is -0.491 e. The molecule has 0 fully saturated rings. The van der Waals surface area contributed by atoms with Gasteiger partial charge in [0.1, 0.15) is 18.2 Å². The first kappa shape index (κ1) is 32.3. The van der Waals surface area contributed by atoms with E-state index in [1.807, 2.05) is 64.1 Å². The van der Waals surface area contributed by atoms with E-state index in [1.54, 1.807) is 7.11 Å². The quantitative estimate of drug-likeness (QED) is 0.278. The average molecular weight is 561 g/mol. The van der Waals surface area contributed by atoms with Gasteiger partial charge in [0.05, 0.1) is 23.7 Å². The second-order valence-corrected chi connectivity index (χ2v) is 11.0. The second kappa shape index (κ2) is 14.5. The number of ether oxygens (including phenoxy) is 2. The van der Waals surface area contributed by atoms with Gasteiger partial charge in [0.15, 0.2) is 11.6 Å². The molecule has 0 radical (unpaired) electrons. The van der Waals surface area contributed by atoms with Gasteiger partial charge in [-0.25, -0.2) is 4.98 Å². The number of hydrogen-bond acceptors (Lipinski definition) is 8. The first-order chi connectivity index (χ1) is 18.0. The molecular formula is C28H44N6O4S. The Kier molecular flexibility index (Phi) is 12.0. The van der Waals surface area contributed by atoms with E-state index >= 15 is 0 Å². The Labute approximate surface area is 238 Å². The van der Waals surface area contributed by atoms with Crippen molar-refractivity contribution in [2.75, 3.05) is 32.2 Å². The van der Waals surface area contributed by atoms with Crippen molar-refractivity contribution in [3.63, 3.8) is 0 Å². The molecule has 2 heterocycles. The summed E-state index contributed by atoms with van der Waals surface area (Å²) in [7, 11) is 1.64. The van der Waals surface area contributed by atoms with Crippen LogP contribution in [-0.2, 0) is 14.3 Å². The highest BCUT2D eigenvalue weighted by molar-refractivity contribution is 7.59. The van der Waals surface area contributed by atoms with Crippen LogP contribution < -0.4 is 15.4 Å². The number of ketones is 1. The smallest absolute Gasteiger partial charge is 0.225 e. The number of nitrogens with zero attached hydrogens (tertiary/aromatic N) is 4. The van der Waals surface area contributed by atoms with Crippen LogP contribution in [0.5, 0.6) is 5.75 Å². The summed E-state index contributed by atoms with van der Waals surface area (Å²) in [5, 5.41) is 14.9. The van der Waals surface area contributed by atoms with E-state index < -0.39 is 11.5 Å². The lowest BCUT2D eigenvalue weighted by atomic mass is 9.91. The van der Waals surface area contributed by atoms with E-state index in [2.05, 4.69) is 20.8 Å². The Hall–Kier alpha value is -2.92. The maximum Gasteiger partial charge on any atom is 0.225 e. The summed E-state index contributed by atoms with van der Waals surface area (Å²) < 4.78 is 12.8. The predicted molar refractivity (Wildman–Crippen MR) is 159 cm³/mol. The topological polar surface area (TPSA) is 120 Å². The Morgan fingerprint density at radius 3 is 2.49 bits per heavy atom. The van der Waals surface area contributed by atoms with Crippen LogP contribution in [0.15, 0.2) is 18.2 Å². The highest BCUT2D eigenvalue weighted by Gasteiger charge is 2.29. The lowest BCUT2D eigenvalue weighted by molar-refractivity contribution is -0.133. The summed E-state index contributed by atoms with van der Waals surface area (Å²) in [4.78, 5) is 30.0. The van der Waals surface area contributed by atoms with Crippen LogP contribution in [0.4, 0.5) is 5.82 Å². The molecule has 1 atom stereocenters. The predicted octanol–water partition coefficient (Wildman–Crippen LogP) is 4.45. The summed E-state index contributed by atoms with van der Waals surface area (Å²) in [6, 6.07) is 5.33. The third kappa shape index (κ3) is 8.53. The van der Waals surface area contributed by atoms with Gasteiger partial charge in [-0.15, -0.1) is 10.2 Å². The number of benzene rings is 1. The van der Waals surface area contributed by atoms with Crippen LogP contribution >= 0.6 is 13.5 Å². The number of aromatic nitrogens is 4. The van der Waals surface area contributed by atoms with E-state index in [-0.39, 0.29) is 31.1 Å². The molecule has 3 aromatic rings. The number of aryl methyl sites for hydroxylation is 1. The molecule has 0 unspecified atom stereocenters. The number of carbonyl (C=O) groups is 2. The van der Waals surface area contributed by atoms with Gasteiger partial charge >= 0.3 is 0 Å². The molecule has 10 nitrogen and oxygen atoms in total. The zero-order valence-electron chi connectivity index (χ0n) is 24.3. The summed E-state index contributed by atoms with van der Waals surface area (Å²) in [5.41, 5.74) is 1.83. The van der Waals surface area contributed by atoms with Crippen molar-refractivity contribution >= 4 is 47.7 Å². The Morgan fingerprint density at radius 2 is 1.82 bits per heavy atom. The van der Waals surface area contributed by atoms with Gasteiger partial charge in [0, 0.05) is 31.6 Å². The zero-order valence-corrected chi connectivity index (χ0v) is 25.3. The van der Waals surface area contributed by atoms with Crippen LogP contribution in [0.3, 0.4) is 0 Å². The first-order valence-electron chi connectivity index (χ1n) is 13.4. The Balaban J connectivity index is 0.00000533. The third-order valence-corrected chi connectivity index (χ3v) is 6.39. The van der Waals surface area contributed by atoms with Gasteiger partial charge in [0.2, 0.25) is 11.6 Å². The molecule has 0 spiro atoms. The summed E-state index contributed by atoms with van der Waals surface area (Å²) in [5.74, 6) is 2.20. The van der Waals surface area contributed by atoms with Crippen molar-refractivity contribution in [2.24, 2.45) is 11.3 Å². The monoisotopic (exact) mass is 560 g/mol. The highest BCUT2D eigenvalue weighted by Crippen LogP contribution is 2.25. The van der Waals surface area contributed by atoms with Gasteiger partial charge in [-0.2, -0.15) is 13.5 Å². The van der Waals surface area contributed by atoms with E-state index in [0.29, 0.717) is 37.6 Å². The lowest BCUT2D eigenvalue weighted by Crippen LogP contribution is -2.48. The van der Waals surface area contributed by atoms with Crippen molar-refractivity contribution in [3.05, 3.63) is 24.0 Å². The van der Waals surface area contributed by atoms with Crippen molar-refractivity contribution < 1.29 is 19.1 Å². The molecule has 216 valence electrons. The Bertz CT molecular complexity index is 1250. The summed E-state index contributed by atoms with van der Waals surface area (Å²) in [6.07, 6.45) is 2.96. The largest absolute Gasteiger partial charge is 0.491 e. The molecule has 2 aromatic heterocycles. The molecule has 2 N–H and O–H groups in total. The van der Waals surface area contributed by atoms with Crippen molar-refractivity contribution in [1.82, 2.24) is 24.9 Å². The zero-order chi connectivity index (χ0) is 27.9. The molecule has 1 aromatic carbocycles. The molecular weight excluding hydrogens is 516 g/mol. The molecule has 11 heteroatoms.